The lowest BCUT2D eigenvalue weighted by molar-refractivity contribution is 0.0234. The average Bonchev–Trinajstić information content (AvgIpc) is 3.03. The number of benzene rings is 1. The molecule has 0 spiro atoms. The lowest BCUT2D eigenvalue weighted by atomic mass is 9.75. The Hall–Kier alpha value is -2.73. The predicted molar refractivity (Wildman–Crippen MR) is 93.9 cm³/mol. The van der Waals surface area contributed by atoms with Crippen molar-refractivity contribution in [2.24, 2.45) is 13.0 Å². The van der Waals surface area contributed by atoms with Crippen LogP contribution in [0.25, 0.3) is 10.8 Å². The summed E-state index contributed by atoms with van der Waals surface area (Å²) in [6.07, 6.45) is 6.49. The van der Waals surface area contributed by atoms with E-state index in [2.05, 4.69) is 15.4 Å². The molecule has 2 aromatic heterocycles. The fraction of sp³-hybridized carbons (Fsp3) is 0.316. The third-order valence-corrected chi connectivity index (χ3v) is 4.86. The van der Waals surface area contributed by atoms with Gasteiger partial charge >= 0.3 is 0 Å². The fourth-order valence-corrected chi connectivity index (χ4v) is 3.40. The van der Waals surface area contributed by atoms with Crippen LogP contribution in [0.2, 0.25) is 0 Å². The quantitative estimate of drug-likeness (QED) is 0.765. The van der Waals surface area contributed by atoms with Crippen molar-refractivity contribution >= 4 is 16.7 Å². The molecule has 1 saturated carbocycles. The molecule has 1 aliphatic carbocycles. The van der Waals surface area contributed by atoms with E-state index in [1.54, 1.807) is 23.1 Å². The van der Waals surface area contributed by atoms with Crippen LogP contribution in [-0.4, -0.2) is 31.9 Å². The Morgan fingerprint density at radius 3 is 2.72 bits per heavy atom. The Bertz CT molecular complexity index is 914. The average molecular weight is 336 g/mol. The van der Waals surface area contributed by atoms with Gasteiger partial charge in [-0.15, -0.1) is 0 Å². The SMILES string of the molecule is Cn1cc([C@@H](NC(=O)c2cc3ccccc3cn2)C2CC(O)C2)cn1. The van der Waals surface area contributed by atoms with Crippen LogP contribution < -0.4 is 5.32 Å². The second-order valence-electron chi connectivity index (χ2n) is 6.70. The maximum atomic E-state index is 12.7. The van der Waals surface area contributed by atoms with Gasteiger partial charge in [-0.3, -0.25) is 14.5 Å². The number of pyridine rings is 1. The molecule has 25 heavy (non-hydrogen) atoms. The number of aliphatic hydroxyl groups excluding tert-OH is 1. The van der Waals surface area contributed by atoms with Gasteiger partial charge < -0.3 is 10.4 Å². The highest BCUT2D eigenvalue weighted by molar-refractivity contribution is 5.96. The number of rotatable bonds is 4. The molecule has 0 radical (unpaired) electrons. The van der Waals surface area contributed by atoms with Crippen LogP contribution in [0.4, 0.5) is 0 Å². The highest BCUT2D eigenvalue weighted by Crippen LogP contribution is 2.38. The number of aliphatic hydroxyl groups is 1. The van der Waals surface area contributed by atoms with Crippen LogP contribution in [0.3, 0.4) is 0 Å². The Labute approximate surface area is 145 Å². The molecule has 1 amide bonds. The lowest BCUT2D eigenvalue weighted by Gasteiger charge is -2.37. The summed E-state index contributed by atoms with van der Waals surface area (Å²) in [4.78, 5) is 17.0. The van der Waals surface area contributed by atoms with E-state index < -0.39 is 0 Å². The Morgan fingerprint density at radius 2 is 2.04 bits per heavy atom. The highest BCUT2D eigenvalue weighted by atomic mass is 16.3. The van der Waals surface area contributed by atoms with Crippen LogP contribution in [-0.2, 0) is 7.05 Å². The van der Waals surface area contributed by atoms with E-state index in [1.165, 1.54) is 0 Å². The van der Waals surface area contributed by atoms with Crippen LogP contribution in [0.1, 0.15) is 34.9 Å². The first kappa shape index (κ1) is 15.8. The molecule has 1 fully saturated rings. The number of aryl methyl sites for hydroxylation is 1. The topological polar surface area (TPSA) is 80.0 Å². The summed E-state index contributed by atoms with van der Waals surface area (Å²) in [5.74, 6) is 0.00426. The molecule has 6 heteroatoms. The molecule has 3 aromatic rings. The van der Waals surface area contributed by atoms with Gasteiger partial charge in [0, 0.05) is 30.4 Å². The largest absolute Gasteiger partial charge is 0.393 e. The van der Waals surface area contributed by atoms with Crippen LogP contribution >= 0.6 is 0 Å². The molecular weight excluding hydrogens is 316 g/mol. The van der Waals surface area contributed by atoms with Gasteiger partial charge in [0.15, 0.2) is 0 Å². The summed E-state index contributed by atoms with van der Waals surface area (Å²) in [5.41, 5.74) is 1.35. The van der Waals surface area contributed by atoms with Crippen molar-refractivity contribution in [3.05, 3.63) is 60.2 Å². The minimum atomic E-state index is -0.278. The maximum absolute atomic E-state index is 12.7. The molecule has 2 N–H and O–H groups in total. The monoisotopic (exact) mass is 336 g/mol. The third-order valence-electron chi connectivity index (χ3n) is 4.86. The lowest BCUT2D eigenvalue weighted by Crippen LogP contribution is -2.41. The molecule has 6 nitrogen and oxygen atoms in total. The number of nitrogens with zero attached hydrogens (tertiary/aromatic N) is 3. The van der Waals surface area contributed by atoms with Gasteiger partial charge in [-0.25, -0.2) is 0 Å². The fourth-order valence-electron chi connectivity index (χ4n) is 3.40. The Kier molecular flexibility index (Phi) is 3.97. The van der Waals surface area contributed by atoms with Gasteiger partial charge in [0.1, 0.15) is 5.69 Å². The van der Waals surface area contributed by atoms with Gasteiger partial charge in [-0.2, -0.15) is 5.10 Å². The normalized spacial score (nSPS) is 20.9. The summed E-state index contributed by atoms with van der Waals surface area (Å²) >= 11 is 0. The van der Waals surface area contributed by atoms with Crippen molar-refractivity contribution in [3.63, 3.8) is 0 Å². The minimum Gasteiger partial charge on any atom is -0.393 e. The van der Waals surface area contributed by atoms with Crippen molar-refractivity contribution in [2.45, 2.75) is 25.0 Å². The second-order valence-corrected chi connectivity index (χ2v) is 6.70. The Balaban J connectivity index is 1.58. The molecule has 4 rings (SSSR count). The van der Waals surface area contributed by atoms with E-state index in [-0.39, 0.29) is 24.0 Å². The van der Waals surface area contributed by atoms with Crippen LogP contribution in [0.5, 0.6) is 0 Å². The number of hydrogen-bond acceptors (Lipinski definition) is 4. The first-order chi connectivity index (χ1) is 12.1. The van der Waals surface area contributed by atoms with E-state index in [4.69, 9.17) is 0 Å². The minimum absolute atomic E-state index is 0.169. The molecule has 1 aromatic carbocycles. The molecule has 0 bridgehead atoms. The van der Waals surface area contributed by atoms with Gasteiger partial charge in [0.05, 0.1) is 18.3 Å². The van der Waals surface area contributed by atoms with E-state index in [0.717, 1.165) is 16.3 Å². The van der Waals surface area contributed by atoms with Gasteiger partial charge in [-0.1, -0.05) is 24.3 Å². The number of carbonyl (C=O) groups is 1. The van der Waals surface area contributed by atoms with Crippen molar-refractivity contribution < 1.29 is 9.90 Å². The number of fused-ring (bicyclic) bond motifs is 1. The zero-order chi connectivity index (χ0) is 17.4. The van der Waals surface area contributed by atoms with Crippen LogP contribution in [0, 0.1) is 5.92 Å². The summed E-state index contributed by atoms with van der Waals surface area (Å²) in [5, 5.41) is 18.9. The highest BCUT2D eigenvalue weighted by Gasteiger charge is 2.36. The first-order valence-electron chi connectivity index (χ1n) is 8.42. The molecule has 1 atom stereocenters. The van der Waals surface area contributed by atoms with Gasteiger partial charge in [0.2, 0.25) is 0 Å². The first-order valence-corrected chi connectivity index (χ1v) is 8.42. The summed E-state index contributed by atoms with van der Waals surface area (Å²) in [6.45, 7) is 0. The number of nitrogens with one attached hydrogen (secondary N) is 1. The van der Waals surface area contributed by atoms with E-state index in [1.807, 2.05) is 37.5 Å². The maximum Gasteiger partial charge on any atom is 0.270 e. The van der Waals surface area contributed by atoms with E-state index in [9.17, 15) is 9.90 Å². The number of carbonyl (C=O) groups excluding carboxylic acids is 1. The number of amides is 1. The predicted octanol–water partition coefficient (Wildman–Crippen LogP) is 2.21. The van der Waals surface area contributed by atoms with Gasteiger partial charge in [-0.05, 0) is 30.2 Å². The second kappa shape index (κ2) is 6.29. The molecule has 0 saturated heterocycles. The standard InChI is InChI=1S/C19H20N4O2/c1-23-11-15(10-21-23)18(14-6-16(24)7-14)22-19(25)17-8-12-4-2-3-5-13(12)9-20-17/h2-5,8-11,14,16,18,24H,6-7H2,1H3,(H,22,25)/t14?,16?,18-/m0/s1. The Morgan fingerprint density at radius 1 is 1.28 bits per heavy atom. The van der Waals surface area contributed by atoms with Crippen molar-refractivity contribution in [2.75, 3.05) is 0 Å². The zero-order valence-corrected chi connectivity index (χ0v) is 14.0. The molecule has 2 heterocycles. The van der Waals surface area contributed by atoms with Gasteiger partial charge in [0.25, 0.3) is 5.91 Å². The van der Waals surface area contributed by atoms with Crippen molar-refractivity contribution in [1.29, 1.82) is 0 Å². The molecule has 0 aliphatic heterocycles. The van der Waals surface area contributed by atoms with E-state index in [0.29, 0.717) is 18.5 Å². The molecule has 1 aliphatic rings. The van der Waals surface area contributed by atoms with Crippen molar-refractivity contribution in [1.82, 2.24) is 20.1 Å². The molecular formula is C19H20N4O2. The van der Waals surface area contributed by atoms with E-state index >= 15 is 0 Å². The zero-order valence-electron chi connectivity index (χ0n) is 14.0. The number of hydrogen-bond donors (Lipinski definition) is 2. The van der Waals surface area contributed by atoms with Crippen LogP contribution in [0.15, 0.2) is 48.9 Å². The van der Waals surface area contributed by atoms with Crippen molar-refractivity contribution in [3.8, 4) is 0 Å². The molecule has 128 valence electrons. The summed E-state index contributed by atoms with van der Waals surface area (Å²) in [6, 6.07) is 9.47. The molecule has 0 unspecified atom stereocenters. The summed E-state index contributed by atoms with van der Waals surface area (Å²) in [7, 11) is 1.85. The number of aromatic nitrogens is 3. The third kappa shape index (κ3) is 3.13. The smallest absolute Gasteiger partial charge is 0.270 e. The summed E-state index contributed by atoms with van der Waals surface area (Å²) < 4.78 is 1.72.